The fourth-order valence-corrected chi connectivity index (χ4v) is 3.60. The Labute approximate surface area is 195 Å². The van der Waals surface area contributed by atoms with Crippen LogP contribution in [0.5, 0.6) is 11.5 Å². The van der Waals surface area contributed by atoms with Gasteiger partial charge in [-0.2, -0.15) is 4.98 Å². The highest BCUT2D eigenvalue weighted by Crippen LogP contribution is 2.27. The molecule has 0 radical (unpaired) electrons. The Hall–Kier alpha value is -3.53. The van der Waals surface area contributed by atoms with E-state index in [2.05, 4.69) is 30.2 Å². The lowest BCUT2D eigenvalue weighted by Crippen LogP contribution is -2.25. The summed E-state index contributed by atoms with van der Waals surface area (Å²) in [5.74, 6) is 1.28. The van der Waals surface area contributed by atoms with Crippen molar-refractivity contribution in [3.05, 3.63) is 60.3 Å². The minimum Gasteiger partial charge on any atom is -0.492 e. The first-order chi connectivity index (χ1) is 16.3. The average Bonchev–Trinajstić information content (AvgIpc) is 3.30. The molecule has 0 saturated carbocycles. The Balaban J connectivity index is 1.36. The van der Waals surface area contributed by atoms with E-state index in [1.54, 1.807) is 19.2 Å². The number of likely N-dealkylation sites (tertiary alicyclic amines) is 1. The van der Waals surface area contributed by atoms with Crippen molar-refractivity contribution in [2.45, 2.75) is 26.1 Å². The highest BCUT2D eigenvalue weighted by molar-refractivity contribution is 5.63. The predicted molar refractivity (Wildman–Crippen MR) is 124 cm³/mol. The molecule has 10 heteroatoms. The maximum atomic E-state index is 12.5. The van der Waals surface area contributed by atoms with Crippen molar-refractivity contribution in [3.63, 3.8) is 0 Å². The third kappa shape index (κ3) is 6.98. The summed E-state index contributed by atoms with van der Waals surface area (Å²) in [4.78, 5) is 11.1. The van der Waals surface area contributed by atoms with Gasteiger partial charge in [0, 0.05) is 35.7 Å². The number of anilines is 4. The third-order valence-electron chi connectivity index (χ3n) is 5.29. The first kappa shape index (κ1) is 23.6. The first-order valence-electron chi connectivity index (χ1n) is 11.0. The topological polar surface area (TPSA) is 71.5 Å². The van der Waals surface area contributed by atoms with Crippen molar-refractivity contribution in [2.75, 3.05) is 36.9 Å². The van der Waals surface area contributed by atoms with Gasteiger partial charge in [0.2, 0.25) is 5.95 Å². The molecular formula is C24H26F3N5O2. The standard InChI is InChI=1S/C24H26F3N5O2/c1-17-16-28-23(31-22(17)29-19-5-4-6-21(15-19)34-24(25,26)27)30-18-7-9-20(10-8-18)33-14-13-32-11-2-3-12-32/h4-10,15-16H,2-3,11-14H2,1H3,(H2,28,29,30,31). The summed E-state index contributed by atoms with van der Waals surface area (Å²) in [6.45, 7) is 5.67. The summed E-state index contributed by atoms with van der Waals surface area (Å²) in [6.07, 6.45) is -0.604. The van der Waals surface area contributed by atoms with Crippen LogP contribution in [0, 0.1) is 6.92 Å². The van der Waals surface area contributed by atoms with E-state index >= 15 is 0 Å². The number of aryl methyl sites for hydroxylation is 1. The zero-order valence-corrected chi connectivity index (χ0v) is 18.7. The highest BCUT2D eigenvalue weighted by atomic mass is 19.4. The van der Waals surface area contributed by atoms with Gasteiger partial charge in [-0.05, 0) is 69.3 Å². The van der Waals surface area contributed by atoms with E-state index in [1.165, 1.54) is 31.0 Å². The smallest absolute Gasteiger partial charge is 0.492 e. The van der Waals surface area contributed by atoms with E-state index in [4.69, 9.17) is 4.74 Å². The second-order valence-corrected chi connectivity index (χ2v) is 7.97. The van der Waals surface area contributed by atoms with E-state index in [0.29, 0.717) is 24.1 Å². The lowest BCUT2D eigenvalue weighted by Gasteiger charge is -2.15. The van der Waals surface area contributed by atoms with E-state index < -0.39 is 6.36 Å². The molecule has 2 N–H and O–H groups in total. The molecule has 2 aromatic carbocycles. The number of nitrogens with zero attached hydrogens (tertiary/aromatic N) is 3. The number of aromatic nitrogens is 2. The van der Waals surface area contributed by atoms with Gasteiger partial charge in [-0.3, -0.25) is 4.90 Å². The van der Waals surface area contributed by atoms with Gasteiger partial charge in [-0.15, -0.1) is 13.2 Å². The minimum atomic E-state index is -4.75. The Bertz CT molecular complexity index is 1090. The summed E-state index contributed by atoms with van der Waals surface area (Å²) in [6, 6.07) is 13.1. The number of ether oxygens (including phenoxy) is 2. The second kappa shape index (κ2) is 10.6. The first-order valence-corrected chi connectivity index (χ1v) is 11.0. The van der Waals surface area contributed by atoms with E-state index in [-0.39, 0.29) is 5.75 Å². The van der Waals surface area contributed by atoms with Crippen molar-refractivity contribution in [1.29, 1.82) is 0 Å². The molecule has 1 aromatic heterocycles. The molecule has 4 rings (SSSR count). The largest absolute Gasteiger partial charge is 0.573 e. The SMILES string of the molecule is Cc1cnc(Nc2ccc(OCCN3CCCC3)cc2)nc1Nc1cccc(OC(F)(F)F)c1. The summed E-state index contributed by atoms with van der Waals surface area (Å²) in [5, 5.41) is 6.15. The highest BCUT2D eigenvalue weighted by Gasteiger charge is 2.31. The molecule has 0 amide bonds. The summed E-state index contributed by atoms with van der Waals surface area (Å²) < 4.78 is 47.3. The molecular weight excluding hydrogens is 447 g/mol. The molecule has 0 unspecified atom stereocenters. The van der Waals surface area contributed by atoms with Gasteiger partial charge in [0.1, 0.15) is 23.9 Å². The van der Waals surface area contributed by atoms with Crippen LogP contribution in [0.15, 0.2) is 54.7 Å². The van der Waals surface area contributed by atoms with Crippen LogP contribution < -0.4 is 20.1 Å². The maximum absolute atomic E-state index is 12.5. The molecule has 1 saturated heterocycles. The molecule has 180 valence electrons. The zero-order valence-electron chi connectivity index (χ0n) is 18.7. The number of nitrogens with one attached hydrogen (secondary N) is 2. The second-order valence-electron chi connectivity index (χ2n) is 7.97. The van der Waals surface area contributed by atoms with Crippen LogP contribution in [0.4, 0.5) is 36.3 Å². The Morgan fingerprint density at radius 2 is 1.74 bits per heavy atom. The van der Waals surface area contributed by atoms with E-state index in [0.717, 1.165) is 36.6 Å². The number of halogens is 3. The number of hydrogen-bond donors (Lipinski definition) is 2. The van der Waals surface area contributed by atoms with Crippen LogP contribution in [0.25, 0.3) is 0 Å². The Kier molecular flexibility index (Phi) is 7.36. The quantitative estimate of drug-likeness (QED) is 0.416. The summed E-state index contributed by atoms with van der Waals surface area (Å²) in [7, 11) is 0. The van der Waals surface area contributed by atoms with Crippen LogP contribution in [0.3, 0.4) is 0 Å². The monoisotopic (exact) mass is 473 g/mol. The van der Waals surface area contributed by atoms with Gasteiger partial charge >= 0.3 is 6.36 Å². The van der Waals surface area contributed by atoms with Crippen LogP contribution in [-0.2, 0) is 0 Å². The van der Waals surface area contributed by atoms with Crippen LogP contribution in [0.2, 0.25) is 0 Å². The van der Waals surface area contributed by atoms with Crippen LogP contribution in [-0.4, -0.2) is 47.5 Å². The molecule has 0 spiro atoms. The predicted octanol–water partition coefficient (Wildman–Crippen LogP) is 5.65. The van der Waals surface area contributed by atoms with Gasteiger partial charge in [0.15, 0.2) is 0 Å². The average molecular weight is 473 g/mol. The molecule has 2 heterocycles. The van der Waals surface area contributed by atoms with Gasteiger partial charge < -0.3 is 20.1 Å². The minimum absolute atomic E-state index is 0.315. The van der Waals surface area contributed by atoms with Gasteiger partial charge in [-0.25, -0.2) is 4.98 Å². The normalized spacial score (nSPS) is 14.1. The van der Waals surface area contributed by atoms with Crippen LogP contribution >= 0.6 is 0 Å². The summed E-state index contributed by atoms with van der Waals surface area (Å²) >= 11 is 0. The van der Waals surface area contributed by atoms with Gasteiger partial charge in [0.05, 0.1) is 0 Å². The Morgan fingerprint density at radius 3 is 2.47 bits per heavy atom. The summed E-state index contributed by atoms with van der Waals surface area (Å²) in [5.41, 5.74) is 1.92. The molecule has 3 aromatic rings. The van der Waals surface area contributed by atoms with Crippen molar-refractivity contribution in [1.82, 2.24) is 14.9 Å². The molecule has 1 aliphatic heterocycles. The van der Waals surface area contributed by atoms with Crippen molar-refractivity contribution in [2.24, 2.45) is 0 Å². The molecule has 1 aliphatic rings. The fourth-order valence-electron chi connectivity index (χ4n) is 3.60. The van der Waals surface area contributed by atoms with Crippen molar-refractivity contribution in [3.8, 4) is 11.5 Å². The fraction of sp³-hybridized carbons (Fsp3) is 0.333. The zero-order chi connectivity index (χ0) is 24.0. The maximum Gasteiger partial charge on any atom is 0.573 e. The van der Waals surface area contributed by atoms with Crippen molar-refractivity contribution >= 4 is 23.1 Å². The lowest BCUT2D eigenvalue weighted by molar-refractivity contribution is -0.274. The number of rotatable bonds is 9. The molecule has 7 nitrogen and oxygen atoms in total. The number of alkyl halides is 3. The molecule has 0 bridgehead atoms. The molecule has 0 atom stereocenters. The molecule has 1 fully saturated rings. The number of hydrogen-bond acceptors (Lipinski definition) is 7. The Morgan fingerprint density at radius 1 is 0.971 bits per heavy atom. The number of benzene rings is 2. The van der Waals surface area contributed by atoms with Crippen molar-refractivity contribution < 1.29 is 22.6 Å². The van der Waals surface area contributed by atoms with E-state index in [9.17, 15) is 13.2 Å². The molecule has 34 heavy (non-hydrogen) atoms. The van der Waals surface area contributed by atoms with Gasteiger partial charge in [0.25, 0.3) is 0 Å². The van der Waals surface area contributed by atoms with Gasteiger partial charge in [-0.1, -0.05) is 6.07 Å². The van der Waals surface area contributed by atoms with Crippen LogP contribution in [0.1, 0.15) is 18.4 Å². The third-order valence-corrected chi connectivity index (χ3v) is 5.29. The van der Waals surface area contributed by atoms with E-state index in [1.807, 2.05) is 24.3 Å². The lowest BCUT2D eigenvalue weighted by atomic mass is 10.2. The molecule has 0 aliphatic carbocycles.